The Labute approximate surface area is 139 Å². The molecule has 6 nitrogen and oxygen atoms in total. The van der Waals surface area contributed by atoms with Crippen LogP contribution in [0.15, 0.2) is 33.7 Å². The lowest BCUT2D eigenvalue weighted by Crippen LogP contribution is -2.38. The smallest absolute Gasteiger partial charge is 0.323 e. The van der Waals surface area contributed by atoms with Crippen LogP contribution in [0.5, 0.6) is 5.75 Å². The molecule has 114 valence electrons. The van der Waals surface area contributed by atoms with Crippen LogP contribution < -0.4 is 10.1 Å². The minimum absolute atomic E-state index is 0.128. The largest absolute Gasteiger partial charge is 0.495 e. The van der Waals surface area contributed by atoms with Crippen molar-refractivity contribution in [3.05, 3.63) is 33.7 Å². The van der Waals surface area contributed by atoms with Crippen LogP contribution in [0.3, 0.4) is 0 Å². The van der Waals surface area contributed by atoms with E-state index in [-0.39, 0.29) is 6.54 Å². The number of hydrogen-bond donors (Lipinski definition) is 2. The lowest BCUT2D eigenvalue weighted by Gasteiger charge is -2.20. The third-order valence-corrected chi connectivity index (χ3v) is 3.72. The molecule has 0 unspecified atom stereocenters. The molecule has 1 rings (SSSR count). The van der Waals surface area contributed by atoms with E-state index in [1.165, 1.54) is 13.2 Å². The number of carboxylic acids is 1. The molecule has 0 aliphatic rings. The van der Waals surface area contributed by atoms with Crippen LogP contribution in [0.1, 0.15) is 0 Å². The third-order valence-electron chi connectivity index (χ3n) is 2.45. The lowest BCUT2D eigenvalue weighted by molar-refractivity contribution is -0.137. The molecule has 0 aliphatic carbocycles. The number of amides is 2. The van der Waals surface area contributed by atoms with Gasteiger partial charge in [0.25, 0.3) is 0 Å². The molecule has 0 aromatic heterocycles. The van der Waals surface area contributed by atoms with Crippen molar-refractivity contribution in [2.24, 2.45) is 0 Å². The number of hydrogen-bond acceptors (Lipinski definition) is 3. The van der Waals surface area contributed by atoms with Gasteiger partial charge in [-0.1, -0.05) is 6.08 Å². The van der Waals surface area contributed by atoms with Crippen molar-refractivity contribution in [1.29, 1.82) is 0 Å². The topological polar surface area (TPSA) is 78.9 Å². The van der Waals surface area contributed by atoms with Gasteiger partial charge >= 0.3 is 12.0 Å². The first-order chi connectivity index (χ1) is 9.88. The quantitative estimate of drug-likeness (QED) is 0.690. The standard InChI is InChI=1S/C13H14Br2N2O4/c1-3-4-17(7-12(18)19)13(20)16-10-6-11(21-2)9(15)5-8(10)14/h3,5-6H,1,4,7H2,2H3,(H,16,20)(H,18,19). The van der Waals surface area contributed by atoms with E-state index in [1.807, 2.05) is 0 Å². The Morgan fingerprint density at radius 3 is 2.62 bits per heavy atom. The molecular weight excluding hydrogens is 408 g/mol. The predicted octanol–water partition coefficient (Wildman–Crippen LogP) is 3.32. The van der Waals surface area contributed by atoms with E-state index in [2.05, 4.69) is 43.8 Å². The number of ether oxygens (including phenoxy) is 1. The lowest BCUT2D eigenvalue weighted by atomic mass is 10.3. The number of urea groups is 1. The number of rotatable bonds is 6. The van der Waals surface area contributed by atoms with Crippen molar-refractivity contribution in [2.75, 3.05) is 25.5 Å². The predicted molar refractivity (Wildman–Crippen MR) is 86.8 cm³/mol. The maximum Gasteiger partial charge on any atom is 0.323 e. The van der Waals surface area contributed by atoms with Gasteiger partial charge in [-0.15, -0.1) is 6.58 Å². The van der Waals surface area contributed by atoms with Crippen LogP contribution in [0.4, 0.5) is 10.5 Å². The number of carboxylic acid groups (broad SMARTS) is 1. The summed E-state index contributed by atoms with van der Waals surface area (Å²) in [4.78, 5) is 24.0. The molecule has 0 bridgehead atoms. The SMILES string of the molecule is C=CCN(CC(=O)O)C(=O)Nc1cc(OC)c(Br)cc1Br. The van der Waals surface area contributed by atoms with Gasteiger partial charge in [0.1, 0.15) is 12.3 Å². The van der Waals surface area contributed by atoms with E-state index in [0.717, 1.165) is 9.37 Å². The minimum Gasteiger partial charge on any atom is -0.495 e. The number of carbonyl (C=O) groups excluding carboxylic acids is 1. The van der Waals surface area contributed by atoms with Crippen LogP contribution in [0, 0.1) is 0 Å². The second-order valence-electron chi connectivity index (χ2n) is 3.96. The Morgan fingerprint density at radius 1 is 1.43 bits per heavy atom. The van der Waals surface area contributed by atoms with Crippen LogP contribution in [-0.2, 0) is 4.79 Å². The summed E-state index contributed by atoms with van der Waals surface area (Å²) in [5.74, 6) is -0.554. The minimum atomic E-state index is -1.10. The second kappa shape index (κ2) is 8.04. The van der Waals surface area contributed by atoms with Gasteiger partial charge in [-0.3, -0.25) is 4.79 Å². The molecule has 8 heteroatoms. The normalized spacial score (nSPS) is 9.86. The number of benzene rings is 1. The molecule has 0 radical (unpaired) electrons. The molecule has 1 aromatic rings. The molecule has 2 amide bonds. The van der Waals surface area contributed by atoms with Gasteiger partial charge in [0.2, 0.25) is 0 Å². The summed E-state index contributed by atoms with van der Waals surface area (Å²) in [7, 11) is 1.51. The Balaban J connectivity index is 2.94. The van der Waals surface area contributed by atoms with Crippen LogP contribution in [0.25, 0.3) is 0 Å². The van der Waals surface area contributed by atoms with E-state index in [4.69, 9.17) is 9.84 Å². The van der Waals surface area contributed by atoms with Crippen LogP contribution in [0.2, 0.25) is 0 Å². The fourth-order valence-corrected chi connectivity index (χ4v) is 2.77. The van der Waals surface area contributed by atoms with Gasteiger partial charge in [-0.2, -0.15) is 0 Å². The Bertz CT molecular complexity index is 563. The molecule has 0 spiro atoms. The fraction of sp³-hybridized carbons (Fsp3) is 0.231. The van der Waals surface area contributed by atoms with Gasteiger partial charge in [-0.05, 0) is 37.9 Å². The first-order valence-corrected chi connectivity index (χ1v) is 7.39. The number of nitrogens with zero attached hydrogens (tertiary/aromatic N) is 1. The van der Waals surface area contributed by atoms with Crippen molar-refractivity contribution >= 4 is 49.5 Å². The summed E-state index contributed by atoms with van der Waals surface area (Å²) in [6.07, 6.45) is 1.46. The molecule has 21 heavy (non-hydrogen) atoms. The van der Waals surface area contributed by atoms with Gasteiger partial charge in [0.05, 0.1) is 17.3 Å². The van der Waals surface area contributed by atoms with Crippen molar-refractivity contribution in [3.63, 3.8) is 0 Å². The summed E-state index contributed by atoms with van der Waals surface area (Å²) in [5, 5.41) is 11.4. The number of methoxy groups -OCH3 is 1. The van der Waals surface area contributed by atoms with Gasteiger partial charge < -0.3 is 20.1 Å². The zero-order chi connectivity index (χ0) is 16.0. The summed E-state index contributed by atoms with van der Waals surface area (Å²) in [5.41, 5.74) is 0.472. The third kappa shape index (κ3) is 5.05. The second-order valence-corrected chi connectivity index (χ2v) is 5.67. The van der Waals surface area contributed by atoms with E-state index in [1.54, 1.807) is 12.1 Å². The number of carbonyl (C=O) groups is 2. The average molecular weight is 422 g/mol. The molecular formula is C13H14Br2N2O4. The van der Waals surface area contributed by atoms with Gasteiger partial charge in [-0.25, -0.2) is 4.79 Å². The average Bonchev–Trinajstić information content (AvgIpc) is 2.40. The highest BCUT2D eigenvalue weighted by Gasteiger charge is 2.17. The Kier molecular flexibility index (Phi) is 6.70. The van der Waals surface area contributed by atoms with E-state index < -0.39 is 18.5 Å². The number of aliphatic carboxylic acids is 1. The van der Waals surface area contributed by atoms with Crippen molar-refractivity contribution < 1.29 is 19.4 Å². The summed E-state index contributed by atoms with van der Waals surface area (Å²) in [6.45, 7) is 3.22. The zero-order valence-corrected chi connectivity index (χ0v) is 14.4. The molecule has 1 aromatic carbocycles. The molecule has 0 fully saturated rings. The maximum atomic E-state index is 12.1. The van der Waals surface area contributed by atoms with Crippen molar-refractivity contribution in [3.8, 4) is 5.75 Å². The monoisotopic (exact) mass is 420 g/mol. The first-order valence-electron chi connectivity index (χ1n) is 5.80. The number of anilines is 1. The summed E-state index contributed by atoms with van der Waals surface area (Å²) < 4.78 is 6.51. The number of nitrogens with one attached hydrogen (secondary N) is 1. The van der Waals surface area contributed by atoms with E-state index >= 15 is 0 Å². The van der Waals surface area contributed by atoms with Crippen LogP contribution in [-0.4, -0.2) is 42.2 Å². The number of halogens is 2. The fourth-order valence-electron chi connectivity index (χ4n) is 1.51. The molecule has 0 saturated heterocycles. The van der Waals surface area contributed by atoms with Gasteiger partial charge in [0, 0.05) is 17.1 Å². The molecule has 0 atom stereocenters. The van der Waals surface area contributed by atoms with Gasteiger partial charge in [0.15, 0.2) is 0 Å². The van der Waals surface area contributed by atoms with Crippen molar-refractivity contribution in [2.45, 2.75) is 0 Å². The summed E-state index contributed by atoms with van der Waals surface area (Å²) in [6, 6.07) is 2.81. The molecule has 2 N–H and O–H groups in total. The van der Waals surface area contributed by atoms with Crippen LogP contribution >= 0.6 is 31.9 Å². The Morgan fingerprint density at radius 2 is 2.10 bits per heavy atom. The van der Waals surface area contributed by atoms with E-state index in [9.17, 15) is 9.59 Å². The Hall–Kier alpha value is -1.54. The van der Waals surface area contributed by atoms with Crippen molar-refractivity contribution in [1.82, 2.24) is 4.90 Å². The molecule has 0 aliphatic heterocycles. The highest BCUT2D eigenvalue weighted by molar-refractivity contribution is 9.11. The maximum absolute atomic E-state index is 12.1. The first kappa shape index (κ1) is 17.5. The van der Waals surface area contributed by atoms with E-state index in [0.29, 0.717) is 15.9 Å². The zero-order valence-electron chi connectivity index (χ0n) is 11.2. The highest BCUT2D eigenvalue weighted by atomic mass is 79.9. The summed E-state index contributed by atoms with van der Waals surface area (Å²) >= 11 is 6.65. The molecule has 0 heterocycles. The highest BCUT2D eigenvalue weighted by Crippen LogP contribution is 2.34. The molecule has 0 saturated carbocycles.